The maximum absolute atomic E-state index is 13.1. The summed E-state index contributed by atoms with van der Waals surface area (Å²) in [6.45, 7) is 5.40. The average molecular weight is 306 g/mol. The predicted molar refractivity (Wildman–Crippen MR) is 87.9 cm³/mol. The van der Waals surface area contributed by atoms with Gasteiger partial charge in [-0.15, -0.1) is 0 Å². The lowest BCUT2D eigenvalue weighted by atomic mass is 9.84. The van der Waals surface area contributed by atoms with E-state index in [2.05, 4.69) is 9.80 Å². The fourth-order valence-corrected chi connectivity index (χ4v) is 4.14. The first kappa shape index (κ1) is 15.8. The molecule has 4 heteroatoms. The fraction of sp³-hybridized carbons (Fsp3) is 0.667. The zero-order valence-electron chi connectivity index (χ0n) is 13.6. The van der Waals surface area contributed by atoms with Crippen molar-refractivity contribution < 1.29 is 9.13 Å². The molecule has 0 bridgehead atoms. The van der Waals surface area contributed by atoms with E-state index in [0.29, 0.717) is 5.54 Å². The minimum Gasteiger partial charge on any atom is -0.385 e. The van der Waals surface area contributed by atoms with Gasteiger partial charge in [-0.25, -0.2) is 4.39 Å². The Morgan fingerprint density at radius 1 is 1.09 bits per heavy atom. The summed E-state index contributed by atoms with van der Waals surface area (Å²) < 4.78 is 18.3. The molecule has 2 heterocycles. The predicted octanol–water partition coefficient (Wildman–Crippen LogP) is 3.30. The monoisotopic (exact) mass is 306 g/mol. The Kier molecular flexibility index (Phi) is 4.99. The molecular formula is C18H27FN2O. The molecule has 0 amide bonds. The molecule has 0 atom stereocenters. The Balaban J connectivity index is 1.58. The van der Waals surface area contributed by atoms with Gasteiger partial charge in [0.05, 0.1) is 0 Å². The van der Waals surface area contributed by atoms with E-state index in [1.165, 1.54) is 32.2 Å². The number of anilines is 1. The molecule has 22 heavy (non-hydrogen) atoms. The molecule has 2 aliphatic rings. The van der Waals surface area contributed by atoms with Gasteiger partial charge in [-0.2, -0.15) is 0 Å². The molecule has 2 saturated heterocycles. The number of hydrogen-bond acceptors (Lipinski definition) is 3. The molecule has 0 aliphatic carbocycles. The summed E-state index contributed by atoms with van der Waals surface area (Å²) in [5.74, 6) is -0.155. The van der Waals surface area contributed by atoms with Crippen LogP contribution >= 0.6 is 0 Å². The lowest BCUT2D eigenvalue weighted by Crippen LogP contribution is -2.52. The van der Waals surface area contributed by atoms with Crippen molar-refractivity contribution in [3.05, 3.63) is 30.1 Å². The summed E-state index contributed by atoms with van der Waals surface area (Å²) in [5, 5.41) is 0. The van der Waals surface area contributed by atoms with Crippen LogP contribution in [0.25, 0.3) is 0 Å². The SMILES string of the molecule is COCCCN1CCCC12CCN(c1ccc(F)cc1)CC2. The Bertz CT molecular complexity index is 468. The summed E-state index contributed by atoms with van der Waals surface area (Å²) in [5.41, 5.74) is 1.56. The first-order chi connectivity index (χ1) is 10.7. The van der Waals surface area contributed by atoms with Crippen LogP contribution in [-0.4, -0.2) is 50.3 Å². The molecule has 0 saturated carbocycles. The van der Waals surface area contributed by atoms with E-state index in [1.54, 1.807) is 19.2 Å². The third-order valence-electron chi connectivity index (χ3n) is 5.40. The highest BCUT2D eigenvalue weighted by atomic mass is 19.1. The number of nitrogens with zero attached hydrogens (tertiary/aromatic N) is 2. The highest BCUT2D eigenvalue weighted by Crippen LogP contribution is 2.39. The summed E-state index contributed by atoms with van der Waals surface area (Å²) in [7, 11) is 1.78. The molecule has 3 nitrogen and oxygen atoms in total. The van der Waals surface area contributed by atoms with E-state index in [9.17, 15) is 4.39 Å². The van der Waals surface area contributed by atoms with Gasteiger partial charge in [-0.1, -0.05) is 0 Å². The van der Waals surface area contributed by atoms with E-state index >= 15 is 0 Å². The Hall–Kier alpha value is -1.13. The molecule has 0 N–H and O–H groups in total. The van der Waals surface area contributed by atoms with E-state index in [0.717, 1.165) is 38.3 Å². The summed E-state index contributed by atoms with van der Waals surface area (Å²) in [4.78, 5) is 5.10. The van der Waals surface area contributed by atoms with Crippen LogP contribution in [-0.2, 0) is 4.74 Å². The van der Waals surface area contributed by atoms with E-state index in [-0.39, 0.29) is 5.82 Å². The number of ether oxygens (including phenoxy) is 1. The Labute approximate surface area is 133 Å². The maximum atomic E-state index is 13.1. The quantitative estimate of drug-likeness (QED) is 0.776. The third-order valence-corrected chi connectivity index (χ3v) is 5.40. The van der Waals surface area contributed by atoms with Crippen molar-refractivity contribution in [2.24, 2.45) is 0 Å². The van der Waals surface area contributed by atoms with E-state index in [4.69, 9.17) is 4.74 Å². The number of halogens is 1. The molecule has 0 unspecified atom stereocenters. The Morgan fingerprint density at radius 2 is 1.82 bits per heavy atom. The Morgan fingerprint density at radius 3 is 2.50 bits per heavy atom. The second kappa shape index (κ2) is 6.97. The van der Waals surface area contributed by atoms with Gasteiger partial charge in [0, 0.05) is 44.6 Å². The second-order valence-electron chi connectivity index (χ2n) is 6.62. The van der Waals surface area contributed by atoms with Crippen molar-refractivity contribution >= 4 is 5.69 Å². The normalized spacial score (nSPS) is 21.6. The summed E-state index contributed by atoms with van der Waals surface area (Å²) in [6, 6.07) is 6.93. The number of benzene rings is 1. The van der Waals surface area contributed by atoms with Crippen molar-refractivity contribution in [3.63, 3.8) is 0 Å². The highest BCUT2D eigenvalue weighted by molar-refractivity contribution is 5.46. The van der Waals surface area contributed by atoms with Crippen LogP contribution in [0, 0.1) is 5.82 Å². The van der Waals surface area contributed by atoms with Crippen LogP contribution in [0.5, 0.6) is 0 Å². The maximum Gasteiger partial charge on any atom is 0.123 e. The minimum atomic E-state index is -0.155. The molecule has 0 radical (unpaired) electrons. The average Bonchev–Trinajstić information content (AvgIpc) is 2.92. The van der Waals surface area contributed by atoms with Crippen LogP contribution in [0.2, 0.25) is 0 Å². The zero-order valence-corrected chi connectivity index (χ0v) is 13.6. The smallest absolute Gasteiger partial charge is 0.123 e. The van der Waals surface area contributed by atoms with Gasteiger partial charge < -0.3 is 9.64 Å². The zero-order chi connectivity index (χ0) is 15.4. The van der Waals surface area contributed by atoms with E-state index in [1.807, 2.05) is 12.1 Å². The fourth-order valence-electron chi connectivity index (χ4n) is 4.14. The van der Waals surface area contributed by atoms with Gasteiger partial charge >= 0.3 is 0 Å². The summed E-state index contributed by atoms with van der Waals surface area (Å²) >= 11 is 0. The van der Waals surface area contributed by atoms with Gasteiger partial charge in [0.25, 0.3) is 0 Å². The van der Waals surface area contributed by atoms with E-state index < -0.39 is 0 Å². The molecule has 1 aromatic carbocycles. The van der Waals surface area contributed by atoms with Crippen LogP contribution < -0.4 is 4.90 Å². The van der Waals surface area contributed by atoms with Crippen molar-refractivity contribution in [2.45, 2.75) is 37.6 Å². The lowest BCUT2D eigenvalue weighted by molar-refractivity contribution is 0.0924. The van der Waals surface area contributed by atoms with Crippen LogP contribution in [0.15, 0.2) is 24.3 Å². The first-order valence-corrected chi connectivity index (χ1v) is 8.48. The molecule has 3 rings (SSSR count). The largest absolute Gasteiger partial charge is 0.385 e. The van der Waals surface area contributed by atoms with Crippen molar-refractivity contribution in [2.75, 3.05) is 44.8 Å². The second-order valence-corrected chi connectivity index (χ2v) is 6.62. The van der Waals surface area contributed by atoms with Crippen molar-refractivity contribution in [1.29, 1.82) is 0 Å². The topological polar surface area (TPSA) is 15.7 Å². The number of piperidine rings is 1. The number of likely N-dealkylation sites (tertiary alicyclic amines) is 1. The standard InChI is InChI=1S/C18H27FN2O/c1-22-15-3-12-21-11-2-8-18(21)9-13-20(14-10-18)17-6-4-16(19)5-7-17/h4-7H,2-3,8-15H2,1H3. The number of hydrogen-bond donors (Lipinski definition) is 0. The summed E-state index contributed by atoms with van der Waals surface area (Å²) in [6.07, 6.45) is 6.22. The van der Waals surface area contributed by atoms with Gasteiger partial charge in [0.15, 0.2) is 0 Å². The van der Waals surface area contributed by atoms with Crippen LogP contribution in [0.4, 0.5) is 10.1 Å². The lowest BCUT2D eigenvalue weighted by Gasteiger charge is -2.46. The minimum absolute atomic E-state index is 0.155. The molecule has 1 aromatic rings. The van der Waals surface area contributed by atoms with Crippen molar-refractivity contribution in [3.8, 4) is 0 Å². The number of rotatable bonds is 5. The van der Waals surface area contributed by atoms with Gasteiger partial charge in [0.1, 0.15) is 5.82 Å². The third kappa shape index (κ3) is 3.28. The molecule has 122 valence electrons. The van der Waals surface area contributed by atoms with Crippen LogP contribution in [0.1, 0.15) is 32.1 Å². The van der Waals surface area contributed by atoms with Gasteiger partial charge in [-0.05, 0) is 62.9 Å². The van der Waals surface area contributed by atoms with Crippen LogP contribution in [0.3, 0.4) is 0 Å². The number of methoxy groups -OCH3 is 1. The molecule has 2 aliphatic heterocycles. The molecule has 0 aromatic heterocycles. The van der Waals surface area contributed by atoms with Gasteiger partial charge in [-0.3, -0.25) is 4.90 Å². The van der Waals surface area contributed by atoms with Crippen molar-refractivity contribution in [1.82, 2.24) is 4.90 Å². The molecular weight excluding hydrogens is 279 g/mol. The first-order valence-electron chi connectivity index (χ1n) is 8.48. The molecule has 2 fully saturated rings. The molecule has 1 spiro atoms. The highest BCUT2D eigenvalue weighted by Gasteiger charge is 2.42. The van der Waals surface area contributed by atoms with Gasteiger partial charge in [0.2, 0.25) is 0 Å².